The molecule has 0 radical (unpaired) electrons. The average molecular weight is 421 g/mol. The summed E-state index contributed by atoms with van der Waals surface area (Å²) < 4.78 is 54.9. The quantitative estimate of drug-likeness (QED) is 0.767. The Bertz CT molecular complexity index is 975. The molecule has 0 aromatic heterocycles. The summed E-state index contributed by atoms with van der Waals surface area (Å²) in [4.78, 5) is 24.6. The van der Waals surface area contributed by atoms with E-state index in [1.54, 1.807) is 18.2 Å². The predicted molar refractivity (Wildman–Crippen MR) is 97.7 cm³/mol. The number of nitrogens with one attached hydrogen (secondary N) is 1. The minimum atomic E-state index is -4.46. The Morgan fingerprint density at radius 3 is 2.60 bits per heavy atom. The van der Waals surface area contributed by atoms with Crippen LogP contribution in [0.1, 0.15) is 29.2 Å². The van der Waals surface area contributed by atoms with Gasteiger partial charge in [-0.2, -0.15) is 13.2 Å². The minimum Gasteiger partial charge on any atom is -0.486 e. The molecule has 0 spiro atoms. The lowest BCUT2D eigenvalue weighted by Crippen LogP contribution is -2.32. The molecule has 0 saturated carbocycles. The summed E-state index contributed by atoms with van der Waals surface area (Å²) in [6, 6.07) is 9.78. The van der Waals surface area contributed by atoms with E-state index in [4.69, 9.17) is 14.2 Å². The second-order valence-electron chi connectivity index (χ2n) is 7.04. The van der Waals surface area contributed by atoms with E-state index >= 15 is 0 Å². The van der Waals surface area contributed by atoms with E-state index < -0.39 is 35.6 Å². The fourth-order valence-corrected chi connectivity index (χ4v) is 3.50. The van der Waals surface area contributed by atoms with Crippen molar-refractivity contribution in [3.05, 3.63) is 59.2 Å². The molecule has 2 atom stereocenters. The number of carbonyl (C=O) groups is 2. The molecular formula is C21H18F3NO5. The number of esters is 1. The van der Waals surface area contributed by atoms with Gasteiger partial charge in [-0.15, -0.1) is 0 Å². The van der Waals surface area contributed by atoms with Gasteiger partial charge in [0, 0.05) is 6.54 Å². The number of rotatable bonds is 4. The number of benzene rings is 2. The first-order valence-electron chi connectivity index (χ1n) is 9.34. The van der Waals surface area contributed by atoms with E-state index in [0.29, 0.717) is 35.8 Å². The zero-order chi connectivity index (χ0) is 21.3. The van der Waals surface area contributed by atoms with Gasteiger partial charge in [-0.25, -0.2) is 0 Å². The molecule has 1 amide bonds. The zero-order valence-corrected chi connectivity index (χ0v) is 15.7. The highest BCUT2D eigenvalue weighted by Crippen LogP contribution is 2.40. The topological polar surface area (TPSA) is 73.9 Å². The number of ether oxygens (including phenoxy) is 3. The van der Waals surface area contributed by atoms with Crippen molar-refractivity contribution < 1.29 is 37.0 Å². The minimum absolute atomic E-state index is 0.0959. The standard InChI is InChI=1S/C21H18F3NO5/c22-21(23,24)14-3-1-2-12(8-14)11-25-20(27)15-10-18(26)30-19(15)13-4-5-16-17(9-13)29-7-6-28-16/h1-5,8-9,15,19H,6-7,10-11H2,(H,25,27)/t15-,19-/m1/s1. The van der Waals surface area contributed by atoms with Gasteiger partial charge in [-0.1, -0.05) is 18.2 Å². The van der Waals surface area contributed by atoms with Crippen molar-refractivity contribution in [2.45, 2.75) is 25.2 Å². The van der Waals surface area contributed by atoms with Crippen molar-refractivity contribution in [3.63, 3.8) is 0 Å². The first kappa shape index (κ1) is 20.1. The normalized spacial score (nSPS) is 20.6. The fraction of sp³-hybridized carbons (Fsp3) is 0.333. The van der Waals surface area contributed by atoms with E-state index in [0.717, 1.165) is 12.1 Å². The highest BCUT2D eigenvalue weighted by Gasteiger charge is 2.41. The number of fused-ring (bicyclic) bond motifs is 1. The van der Waals surface area contributed by atoms with Gasteiger partial charge in [-0.3, -0.25) is 9.59 Å². The smallest absolute Gasteiger partial charge is 0.416 e. The van der Waals surface area contributed by atoms with E-state index in [9.17, 15) is 22.8 Å². The Morgan fingerprint density at radius 1 is 1.07 bits per heavy atom. The summed E-state index contributed by atoms with van der Waals surface area (Å²) >= 11 is 0. The number of carbonyl (C=O) groups excluding carboxylic acids is 2. The van der Waals surface area contributed by atoms with Gasteiger partial charge in [0.25, 0.3) is 0 Å². The van der Waals surface area contributed by atoms with Crippen molar-refractivity contribution in [1.82, 2.24) is 5.32 Å². The van der Waals surface area contributed by atoms with E-state index in [1.165, 1.54) is 12.1 Å². The van der Waals surface area contributed by atoms with Crippen LogP contribution in [0.4, 0.5) is 13.2 Å². The van der Waals surface area contributed by atoms with Gasteiger partial charge in [0.15, 0.2) is 11.5 Å². The molecule has 0 aliphatic carbocycles. The Hall–Kier alpha value is -3.23. The third kappa shape index (κ3) is 4.19. The molecule has 158 valence electrons. The molecule has 2 heterocycles. The van der Waals surface area contributed by atoms with E-state index in [-0.39, 0.29) is 13.0 Å². The summed E-state index contributed by atoms with van der Waals surface area (Å²) in [5, 5.41) is 2.61. The van der Waals surface area contributed by atoms with Crippen LogP contribution in [0.15, 0.2) is 42.5 Å². The van der Waals surface area contributed by atoms with Gasteiger partial charge >= 0.3 is 12.1 Å². The second kappa shape index (κ2) is 7.89. The second-order valence-corrected chi connectivity index (χ2v) is 7.04. The average Bonchev–Trinajstić information content (AvgIpc) is 3.13. The number of amides is 1. The molecule has 2 aromatic rings. The number of hydrogen-bond acceptors (Lipinski definition) is 5. The summed E-state index contributed by atoms with van der Waals surface area (Å²) in [6.45, 7) is 0.731. The lowest BCUT2D eigenvalue weighted by molar-refractivity contribution is -0.142. The van der Waals surface area contributed by atoms with Gasteiger partial charge in [-0.05, 0) is 35.4 Å². The van der Waals surface area contributed by atoms with E-state index in [1.807, 2.05) is 0 Å². The Balaban J connectivity index is 1.47. The van der Waals surface area contributed by atoms with Crippen LogP contribution in [0.25, 0.3) is 0 Å². The summed E-state index contributed by atoms with van der Waals surface area (Å²) in [7, 11) is 0. The maximum atomic E-state index is 12.9. The maximum Gasteiger partial charge on any atom is 0.416 e. The molecule has 2 aliphatic heterocycles. The van der Waals surface area contributed by atoms with Crippen molar-refractivity contribution in [2.24, 2.45) is 5.92 Å². The molecule has 30 heavy (non-hydrogen) atoms. The van der Waals surface area contributed by atoms with Crippen molar-refractivity contribution in [2.75, 3.05) is 13.2 Å². The summed E-state index contributed by atoms with van der Waals surface area (Å²) in [5.41, 5.74) is 0.103. The molecule has 1 N–H and O–H groups in total. The number of hydrogen-bond donors (Lipinski definition) is 1. The Kier molecular flexibility index (Phi) is 5.27. The van der Waals surface area contributed by atoms with Crippen LogP contribution in [-0.2, 0) is 27.0 Å². The Labute approximate surface area is 169 Å². The highest BCUT2D eigenvalue weighted by atomic mass is 19.4. The number of alkyl halides is 3. The molecule has 0 bridgehead atoms. The third-order valence-electron chi connectivity index (χ3n) is 4.96. The first-order chi connectivity index (χ1) is 14.3. The van der Waals surface area contributed by atoms with Crippen LogP contribution >= 0.6 is 0 Å². The third-order valence-corrected chi connectivity index (χ3v) is 4.96. The van der Waals surface area contributed by atoms with Crippen LogP contribution in [0.3, 0.4) is 0 Å². The molecule has 2 aromatic carbocycles. The largest absolute Gasteiger partial charge is 0.486 e. The van der Waals surface area contributed by atoms with Crippen molar-refractivity contribution in [1.29, 1.82) is 0 Å². The lowest BCUT2D eigenvalue weighted by Gasteiger charge is -2.22. The summed E-state index contributed by atoms with van der Waals surface area (Å²) in [6.07, 6.45) is -5.39. The van der Waals surface area contributed by atoms with Crippen LogP contribution < -0.4 is 14.8 Å². The molecule has 6 nitrogen and oxygen atoms in total. The van der Waals surface area contributed by atoms with Gasteiger partial charge < -0.3 is 19.5 Å². The van der Waals surface area contributed by atoms with E-state index in [2.05, 4.69) is 5.32 Å². The van der Waals surface area contributed by atoms with Crippen LogP contribution in [0, 0.1) is 5.92 Å². The Morgan fingerprint density at radius 2 is 1.83 bits per heavy atom. The summed E-state index contributed by atoms with van der Waals surface area (Å²) in [5.74, 6) is -0.720. The maximum absolute atomic E-state index is 12.9. The molecule has 9 heteroatoms. The SMILES string of the molecule is O=C1C[C@@H](C(=O)NCc2cccc(C(F)(F)F)c2)[C@@H](c2ccc3c(c2)OCCO3)O1. The molecule has 0 unspecified atom stereocenters. The molecule has 2 aliphatic rings. The number of halogens is 3. The lowest BCUT2D eigenvalue weighted by atomic mass is 9.94. The highest BCUT2D eigenvalue weighted by molar-refractivity contribution is 5.87. The van der Waals surface area contributed by atoms with Gasteiger partial charge in [0.1, 0.15) is 19.3 Å². The van der Waals surface area contributed by atoms with Gasteiger partial charge in [0.2, 0.25) is 5.91 Å². The molecule has 1 saturated heterocycles. The van der Waals surface area contributed by atoms with Crippen LogP contribution in [0.2, 0.25) is 0 Å². The fourth-order valence-electron chi connectivity index (χ4n) is 3.50. The molecule has 1 fully saturated rings. The zero-order valence-electron chi connectivity index (χ0n) is 15.7. The van der Waals surface area contributed by atoms with Crippen molar-refractivity contribution >= 4 is 11.9 Å². The van der Waals surface area contributed by atoms with Crippen LogP contribution in [-0.4, -0.2) is 25.1 Å². The number of cyclic esters (lactones) is 1. The monoisotopic (exact) mass is 421 g/mol. The van der Waals surface area contributed by atoms with Crippen molar-refractivity contribution in [3.8, 4) is 11.5 Å². The molecule has 4 rings (SSSR count). The molecular weight excluding hydrogens is 403 g/mol. The van der Waals surface area contributed by atoms with Gasteiger partial charge in [0.05, 0.1) is 17.9 Å². The van der Waals surface area contributed by atoms with Crippen LogP contribution in [0.5, 0.6) is 11.5 Å². The predicted octanol–water partition coefficient (Wildman–Crippen LogP) is 3.40. The first-order valence-corrected chi connectivity index (χ1v) is 9.34.